The zero-order valence-corrected chi connectivity index (χ0v) is 17.9. The molecule has 2 aromatic rings. The summed E-state index contributed by atoms with van der Waals surface area (Å²) in [5.41, 5.74) is 1.47. The molecule has 2 amide bonds. The van der Waals surface area contributed by atoms with Gasteiger partial charge in [-0.05, 0) is 30.3 Å². The van der Waals surface area contributed by atoms with Crippen molar-refractivity contribution in [1.29, 1.82) is 0 Å². The number of hydrogen-bond acceptors (Lipinski definition) is 6. The van der Waals surface area contributed by atoms with E-state index in [-0.39, 0.29) is 13.0 Å². The van der Waals surface area contributed by atoms with Crippen molar-refractivity contribution in [2.45, 2.75) is 19.1 Å². The topological polar surface area (TPSA) is 108 Å². The lowest BCUT2D eigenvalue weighted by Crippen LogP contribution is -2.48. The maximum absolute atomic E-state index is 12.3. The van der Waals surface area contributed by atoms with Crippen molar-refractivity contribution in [2.75, 3.05) is 33.2 Å². The summed E-state index contributed by atoms with van der Waals surface area (Å²) in [5, 5.41) is 11.8. The third kappa shape index (κ3) is 6.98. The van der Waals surface area contributed by atoms with Crippen LogP contribution in [0.25, 0.3) is 0 Å². The van der Waals surface area contributed by atoms with Crippen molar-refractivity contribution in [3.8, 4) is 5.75 Å². The number of nitrogens with zero attached hydrogens (tertiary/aromatic N) is 2. The van der Waals surface area contributed by atoms with Crippen LogP contribution >= 0.6 is 0 Å². The summed E-state index contributed by atoms with van der Waals surface area (Å²) in [6.45, 7) is 2.86. The molecule has 32 heavy (non-hydrogen) atoms. The first kappa shape index (κ1) is 23.1. The van der Waals surface area contributed by atoms with Gasteiger partial charge >= 0.3 is 18.2 Å². The normalized spacial score (nSPS) is 15.0. The van der Waals surface area contributed by atoms with Crippen molar-refractivity contribution in [2.24, 2.45) is 0 Å². The fourth-order valence-corrected chi connectivity index (χ4v) is 3.19. The molecular formula is C23H27N3O6. The first-order chi connectivity index (χ1) is 15.4. The molecule has 0 saturated carbocycles. The molecule has 2 aromatic carbocycles. The number of alkyl carbamates (subject to hydrolysis) is 1. The van der Waals surface area contributed by atoms with Gasteiger partial charge in [-0.2, -0.15) is 0 Å². The Bertz CT molecular complexity index is 911. The van der Waals surface area contributed by atoms with E-state index in [2.05, 4.69) is 10.2 Å². The number of amides is 2. The molecule has 0 bridgehead atoms. The van der Waals surface area contributed by atoms with Crippen LogP contribution in [0.1, 0.15) is 11.1 Å². The van der Waals surface area contributed by atoms with Crippen molar-refractivity contribution >= 4 is 18.2 Å². The second-order valence-corrected chi connectivity index (χ2v) is 7.60. The number of rotatable bonds is 7. The Hall–Kier alpha value is -3.59. The highest BCUT2D eigenvalue weighted by Crippen LogP contribution is 2.15. The zero-order chi connectivity index (χ0) is 22.9. The summed E-state index contributed by atoms with van der Waals surface area (Å²) in [7, 11) is 2.00. The van der Waals surface area contributed by atoms with E-state index >= 15 is 0 Å². The highest BCUT2D eigenvalue weighted by atomic mass is 16.6. The van der Waals surface area contributed by atoms with Gasteiger partial charge in [0, 0.05) is 32.6 Å². The number of ether oxygens (including phenoxy) is 2. The van der Waals surface area contributed by atoms with Gasteiger partial charge in [0.2, 0.25) is 0 Å². The molecule has 3 rings (SSSR count). The third-order valence-corrected chi connectivity index (χ3v) is 5.13. The predicted molar refractivity (Wildman–Crippen MR) is 116 cm³/mol. The van der Waals surface area contributed by atoms with Crippen molar-refractivity contribution in [3.05, 3.63) is 65.7 Å². The van der Waals surface area contributed by atoms with Crippen LogP contribution in [0.3, 0.4) is 0 Å². The van der Waals surface area contributed by atoms with Crippen molar-refractivity contribution in [3.63, 3.8) is 0 Å². The second kappa shape index (κ2) is 11.1. The maximum Gasteiger partial charge on any atom is 0.415 e. The van der Waals surface area contributed by atoms with E-state index in [1.54, 1.807) is 41.3 Å². The standard InChI is InChI=1S/C23H27N3O6/c1-25-11-13-26(14-12-25)23(30)32-19-9-7-17(8-10-19)15-20(21(27)28)24-22(29)31-16-18-5-3-2-4-6-18/h2-10,20H,11-16H2,1H3,(H,24,29)(H,27,28)/t20-/m0/s1. The number of carboxylic acids is 1. The molecule has 1 fully saturated rings. The zero-order valence-electron chi connectivity index (χ0n) is 17.9. The lowest BCUT2D eigenvalue weighted by Gasteiger charge is -2.31. The number of piperazine rings is 1. The number of carboxylic acid groups (broad SMARTS) is 1. The maximum atomic E-state index is 12.3. The fourth-order valence-electron chi connectivity index (χ4n) is 3.19. The predicted octanol–water partition coefficient (Wildman–Crippen LogP) is 2.35. The molecule has 170 valence electrons. The monoisotopic (exact) mass is 441 g/mol. The minimum absolute atomic E-state index is 0.0480. The van der Waals surface area contributed by atoms with Crippen LogP contribution in [0.2, 0.25) is 0 Å². The average molecular weight is 441 g/mol. The van der Waals surface area contributed by atoms with Crippen molar-refractivity contribution < 1.29 is 29.0 Å². The van der Waals surface area contributed by atoms with Gasteiger partial charge in [0.15, 0.2) is 0 Å². The van der Waals surface area contributed by atoms with E-state index in [1.807, 2.05) is 25.2 Å². The minimum Gasteiger partial charge on any atom is -0.480 e. The van der Waals surface area contributed by atoms with Crippen LogP contribution in [-0.4, -0.2) is 72.3 Å². The second-order valence-electron chi connectivity index (χ2n) is 7.60. The van der Waals surface area contributed by atoms with Gasteiger partial charge in [-0.3, -0.25) is 0 Å². The Morgan fingerprint density at radius 2 is 1.62 bits per heavy atom. The SMILES string of the molecule is CN1CCN(C(=O)Oc2ccc(C[C@H](NC(=O)OCc3ccccc3)C(=O)O)cc2)CC1. The third-order valence-electron chi connectivity index (χ3n) is 5.13. The molecule has 0 aromatic heterocycles. The molecule has 0 aliphatic carbocycles. The van der Waals surface area contributed by atoms with Crippen LogP contribution in [-0.2, 0) is 22.6 Å². The van der Waals surface area contributed by atoms with E-state index in [1.165, 1.54) is 0 Å². The number of hydrogen-bond donors (Lipinski definition) is 2. The molecular weight excluding hydrogens is 414 g/mol. The number of nitrogens with one attached hydrogen (secondary N) is 1. The number of likely N-dealkylation sites (N-methyl/N-ethyl adjacent to an activating group) is 1. The number of benzene rings is 2. The molecule has 0 unspecified atom stereocenters. The van der Waals surface area contributed by atoms with Crippen LogP contribution in [0, 0.1) is 0 Å². The summed E-state index contributed by atoms with van der Waals surface area (Å²) in [6.07, 6.45) is -1.15. The molecule has 1 aliphatic rings. The quantitative estimate of drug-likeness (QED) is 0.679. The fraction of sp³-hybridized carbons (Fsp3) is 0.348. The Morgan fingerprint density at radius 1 is 0.969 bits per heavy atom. The molecule has 1 saturated heterocycles. The van der Waals surface area contributed by atoms with Gasteiger partial charge in [0.25, 0.3) is 0 Å². The lowest BCUT2D eigenvalue weighted by molar-refractivity contribution is -0.139. The molecule has 2 N–H and O–H groups in total. The van der Waals surface area contributed by atoms with Crippen LogP contribution in [0.15, 0.2) is 54.6 Å². The highest BCUT2D eigenvalue weighted by molar-refractivity contribution is 5.80. The highest BCUT2D eigenvalue weighted by Gasteiger charge is 2.22. The Balaban J connectivity index is 1.49. The summed E-state index contributed by atoms with van der Waals surface area (Å²) >= 11 is 0. The summed E-state index contributed by atoms with van der Waals surface area (Å²) in [6, 6.07) is 14.5. The van der Waals surface area contributed by atoms with Gasteiger partial charge in [0.1, 0.15) is 18.4 Å². The Labute approximate surface area is 186 Å². The summed E-state index contributed by atoms with van der Waals surface area (Å²) in [5.74, 6) is -0.799. The Morgan fingerprint density at radius 3 is 2.25 bits per heavy atom. The van der Waals surface area contributed by atoms with Gasteiger partial charge in [0.05, 0.1) is 0 Å². The molecule has 1 atom stereocenters. The van der Waals surface area contributed by atoms with E-state index in [9.17, 15) is 19.5 Å². The molecule has 1 aliphatic heterocycles. The number of carbonyl (C=O) groups is 3. The van der Waals surface area contributed by atoms with E-state index in [0.29, 0.717) is 24.4 Å². The summed E-state index contributed by atoms with van der Waals surface area (Å²) in [4.78, 5) is 39.6. The van der Waals surface area contributed by atoms with E-state index in [4.69, 9.17) is 9.47 Å². The van der Waals surface area contributed by atoms with Crippen LogP contribution in [0.5, 0.6) is 5.75 Å². The van der Waals surface area contributed by atoms with Gasteiger partial charge in [-0.25, -0.2) is 14.4 Å². The minimum atomic E-state index is -1.17. The molecule has 0 radical (unpaired) electrons. The molecule has 0 spiro atoms. The summed E-state index contributed by atoms with van der Waals surface area (Å²) < 4.78 is 10.5. The number of aliphatic carboxylic acids is 1. The smallest absolute Gasteiger partial charge is 0.415 e. The van der Waals surface area contributed by atoms with E-state index < -0.39 is 24.2 Å². The van der Waals surface area contributed by atoms with Gasteiger partial charge in [-0.1, -0.05) is 42.5 Å². The first-order valence-corrected chi connectivity index (χ1v) is 10.3. The number of carbonyl (C=O) groups excluding carboxylic acids is 2. The first-order valence-electron chi connectivity index (χ1n) is 10.3. The average Bonchev–Trinajstić information content (AvgIpc) is 2.79. The largest absolute Gasteiger partial charge is 0.480 e. The molecule has 9 heteroatoms. The van der Waals surface area contributed by atoms with Gasteiger partial charge < -0.3 is 29.7 Å². The van der Waals surface area contributed by atoms with Gasteiger partial charge in [-0.15, -0.1) is 0 Å². The van der Waals surface area contributed by atoms with Crippen LogP contribution in [0.4, 0.5) is 9.59 Å². The van der Waals surface area contributed by atoms with Crippen molar-refractivity contribution in [1.82, 2.24) is 15.1 Å². The van der Waals surface area contributed by atoms with Crippen LogP contribution < -0.4 is 10.1 Å². The molecule has 9 nitrogen and oxygen atoms in total. The lowest BCUT2D eigenvalue weighted by atomic mass is 10.1. The Kier molecular flexibility index (Phi) is 8.04. The van der Waals surface area contributed by atoms with E-state index in [0.717, 1.165) is 18.7 Å². The molecule has 1 heterocycles.